The number of hydrogen-bond donors (Lipinski definition) is 0. The van der Waals surface area contributed by atoms with Crippen molar-refractivity contribution < 1.29 is 0 Å². The van der Waals surface area contributed by atoms with Crippen LogP contribution < -0.4 is 0 Å². The molecule has 0 unspecified atom stereocenters. The molecule has 3 heteroatoms. The summed E-state index contributed by atoms with van der Waals surface area (Å²) in [6, 6.07) is 77.3. The van der Waals surface area contributed by atoms with E-state index in [-0.39, 0.29) is 0 Å². The maximum atomic E-state index is 2.43. The molecule has 0 spiro atoms. The van der Waals surface area contributed by atoms with E-state index in [0.717, 1.165) is 11.4 Å². The highest BCUT2D eigenvalue weighted by atomic mass is 15.0. The van der Waals surface area contributed by atoms with Crippen LogP contribution in [0.3, 0.4) is 0 Å². The Morgan fingerprint density at radius 1 is 0.211 bits per heavy atom. The van der Waals surface area contributed by atoms with Crippen molar-refractivity contribution >= 4 is 65.4 Å². The molecule has 9 aromatic carbocycles. The van der Waals surface area contributed by atoms with Gasteiger partial charge in [-0.3, -0.25) is 0 Å². The first kappa shape index (κ1) is 31.7. The van der Waals surface area contributed by atoms with Crippen LogP contribution in [-0.2, 0) is 0 Å². The molecule has 0 saturated carbocycles. The van der Waals surface area contributed by atoms with Crippen molar-refractivity contribution in [2.24, 2.45) is 0 Å². The summed E-state index contributed by atoms with van der Waals surface area (Å²) in [6.07, 6.45) is 0. The molecule has 0 N–H and O–H groups in total. The normalized spacial score (nSPS) is 11.9. The van der Waals surface area contributed by atoms with Gasteiger partial charge in [0.05, 0.1) is 33.1 Å². The van der Waals surface area contributed by atoms with Gasteiger partial charge in [-0.25, -0.2) is 0 Å². The van der Waals surface area contributed by atoms with E-state index in [9.17, 15) is 0 Å². The summed E-state index contributed by atoms with van der Waals surface area (Å²) in [4.78, 5) is 0. The Morgan fingerprint density at radius 3 is 1.14 bits per heavy atom. The second-order valence-electron chi connectivity index (χ2n) is 14.9. The number of aromatic nitrogens is 3. The summed E-state index contributed by atoms with van der Waals surface area (Å²) < 4.78 is 7.24. The fraction of sp³-hybridized carbons (Fsp3) is 0. The van der Waals surface area contributed by atoms with Crippen LogP contribution in [0.15, 0.2) is 212 Å². The lowest BCUT2D eigenvalue weighted by Gasteiger charge is -2.12. The molecule has 12 aromatic rings. The summed E-state index contributed by atoms with van der Waals surface area (Å²) in [5.74, 6) is 0. The second kappa shape index (κ2) is 12.5. The Balaban J connectivity index is 0.999. The van der Waals surface area contributed by atoms with Crippen LogP contribution in [0.2, 0.25) is 0 Å². The van der Waals surface area contributed by atoms with Crippen LogP contribution in [0.1, 0.15) is 0 Å². The minimum absolute atomic E-state index is 1.14. The third-order valence-corrected chi connectivity index (χ3v) is 11.9. The maximum Gasteiger partial charge on any atom is 0.0548 e. The quantitative estimate of drug-likeness (QED) is 0.168. The van der Waals surface area contributed by atoms with Gasteiger partial charge in [0.15, 0.2) is 0 Å². The van der Waals surface area contributed by atoms with Crippen LogP contribution in [0.25, 0.3) is 105 Å². The number of hydrogen-bond acceptors (Lipinski definition) is 0. The van der Waals surface area contributed by atoms with Gasteiger partial charge in [0, 0.05) is 49.4 Å². The smallest absolute Gasteiger partial charge is 0.0548 e. The lowest BCUT2D eigenvalue weighted by molar-refractivity contribution is 1.17. The average Bonchev–Trinajstić information content (AvgIpc) is 3.92. The fourth-order valence-electron chi connectivity index (χ4n) is 9.32. The van der Waals surface area contributed by atoms with E-state index in [0.29, 0.717) is 0 Å². The van der Waals surface area contributed by atoms with E-state index in [1.54, 1.807) is 0 Å². The predicted molar refractivity (Wildman–Crippen MR) is 240 cm³/mol. The van der Waals surface area contributed by atoms with Crippen LogP contribution in [0, 0.1) is 0 Å². The Labute approximate surface area is 329 Å². The molecular weight excluding hydrogens is 691 g/mol. The molecule has 12 rings (SSSR count). The van der Waals surface area contributed by atoms with Gasteiger partial charge in [-0.15, -0.1) is 0 Å². The van der Waals surface area contributed by atoms with Gasteiger partial charge in [-0.2, -0.15) is 0 Å². The van der Waals surface area contributed by atoms with E-state index in [2.05, 4.69) is 226 Å². The van der Waals surface area contributed by atoms with Crippen LogP contribution in [-0.4, -0.2) is 13.7 Å². The molecule has 266 valence electrons. The zero-order valence-electron chi connectivity index (χ0n) is 31.0. The molecule has 0 fully saturated rings. The van der Waals surface area contributed by atoms with Gasteiger partial charge in [-0.1, -0.05) is 140 Å². The maximum absolute atomic E-state index is 2.43. The van der Waals surface area contributed by atoms with Crippen molar-refractivity contribution in [3.05, 3.63) is 212 Å². The molecule has 0 aliphatic heterocycles. The molecular formula is C54H35N3. The molecule has 0 bridgehead atoms. The lowest BCUT2D eigenvalue weighted by Crippen LogP contribution is -1.95. The topological polar surface area (TPSA) is 14.8 Å². The van der Waals surface area contributed by atoms with E-state index >= 15 is 0 Å². The number of nitrogens with zero attached hydrogens (tertiary/aromatic N) is 3. The number of para-hydroxylation sites is 4. The molecule has 3 heterocycles. The van der Waals surface area contributed by atoms with E-state index < -0.39 is 0 Å². The largest absolute Gasteiger partial charge is 0.309 e. The highest BCUT2D eigenvalue weighted by Gasteiger charge is 2.20. The van der Waals surface area contributed by atoms with E-state index in [1.165, 1.54) is 93.4 Å². The van der Waals surface area contributed by atoms with E-state index in [1.807, 2.05) is 0 Å². The molecule has 0 atom stereocenters. The van der Waals surface area contributed by atoms with Crippen LogP contribution in [0.4, 0.5) is 0 Å². The zero-order chi connectivity index (χ0) is 37.5. The van der Waals surface area contributed by atoms with Gasteiger partial charge in [0.25, 0.3) is 0 Å². The SMILES string of the molecule is c1ccc(-c2ccc(-n3c4ccccc4c4ccc(-c5ccc(-n6c7ccccc7c7c8c9ccccc9n(-c9ccccc9)c8ccc76)cc5)cc43)cc2)cc1. The van der Waals surface area contributed by atoms with Gasteiger partial charge in [0.1, 0.15) is 0 Å². The van der Waals surface area contributed by atoms with Crippen molar-refractivity contribution in [1.82, 2.24) is 13.7 Å². The highest BCUT2D eigenvalue weighted by molar-refractivity contribution is 6.29. The first-order valence-electron chi connectivity index (χ1n) is 19.6. The Bertz CT molecular complexity index is 3470. The van der Waals surface area contributed by atoms with Crippen molar-refractivity contribution in [3.63, 3.8) is 0 Å². The van der Waals surface area contributed by atoms with Gasteiger partial charge in [0.2, 0.25) is 0 Å². The third kappa shape index (κ3) is 4.79. The number of benzene rings is 9. The zero-order valence-corrected chi connectivity index (χ0v) is 31.0. The Kier molecular flexibility index (Phi) is 6.93. The fourth-order valence-corrected chi connectivity index (χ4v) is 9.32. The standard InChI is InChI=1S/C54H35N3/c1-3-13-36(14-4-1)37-23-28-42(29-24-37)57-47-20-10-7-17-43(47)44-32-27-39(35-52(44)57)38-25-30-41(31-26-38)56-49-22-12-9-19-46(49)54-51(56)34-33-50-53(54)45-18-8-11-21-48(45)55(50)40-15-5-2-6-16-40/h1-35H. The van der Waals surface area contributed by atoms with Crippen LogP contribution in [0.5, 0.6) is 0 Å². The summed E-state index contributed by atoms with van der Waals surface area (Å²) in [7, 11) is 0. The van der Waals surface area contributed by atoms with Crippen molar-refractivity contribution in [3.8, 4) is 39.3 Å². The molecule has 3 nitrogen and oxygen atoms in total. The van der Waals surface area contributed by atoms with Crippen molar-refractivity contribution in [2.75, 3.05) is 0 Å². The number of fused-ring (bicyclic) bond motifs is 10. The third-order valence-electron chi connectivity index (χ3n) is 11.9. The monoisotopic (exact) mass is 725 g/mol. The van der Waals surface area contributed by atoms with Crippen molar-refractivity contribution in [1.29, 1.82) is 0 Å². The van der Waals surface area contributed by atoms with E-state index in [4.69, 9.17) is 0 Å². The minimum atomic E-state index is 1.14. The van der Waals surface area contributed by atoms with Crippen molar-refractivity contribution in [2.45, 2.75) is 0 Å². The summed E-state index contributed by atoms with van der Waals surface area (Å²) in [6.45, 7) is 0. The van der Waals surface area contributed by atoms with Gasteiger partial charge < -0.3 is 13.7 Å². The molecule has 0 saturated heterocycles. The van der Waals surface area contributed by atoms with Crippen LogP contribution >= 0.6 is 0 Å². The first-order valence-corrected chi connectivity index (χ1v) is 19.6. The lowest BCUT2D eigenvalue weighted by atomic mass is 10.0. The Hall–Kier alpha value is -7.62. The Morgan fingerprint density at radius 2 is 0.579 bits per heavy atom. The molecule has 57 heavy (non-hydrogen) atoms. The number of rotatable bonds is 5. The molecule has 0 amide bonds. The second-order valence-corrected chi connectivity index (χ2v) is 14.9. The predicted octanol–water partition coefficient (Wildman–Crippen LogP) is 14.3. The first-order chi connectivity index (χ1) is 28.3. The summed E-state index contributed by atoms with van der Waals surface area (Å²) in [5, 5.41) is 7.61. The molecule has 0 aliphatic rings. The summed E-state index contributed by atoms with van der Waals surface area (Å²) in [5.41, 5.74) is 15.5. The molecule has 0 aliphatic carbocycles. The van der Waals surface area contributed by atoms with Gasteiger partial charge in [-0.05, 0) is 95.1 Å². The van der Waals surface area contributed by atoms with Gasteiger partial charge >= 0.3 is 0 Å². The summed E-state index contributed by atoms with van der Waals surface area (Å²) >= 11 is 0. The molecule has 0 radical (unpaired) electrons. The average molecular weight is 726 g/mol. The minimum Gasteiger partial charge on any atom is -0.309 e. The molecule has 3 aromatic heterocycles. The highest BCUT2D eigenvalue weighted by Crippen LogP contribution is 2.43.